The van der Waals surface area contributed by atoms with Gasteiger partial charge in [-0.15, -0.1) is 0 Å². The average molecular weight is 347 g/mol. The number of amides is 3. The van der Waals surface area contributed by atoms with Crippen LogP contribution in [0.15, 0.2) is 24.3 Å². The van der Waals surface area contributed by atoms with Crippen LogP contribution in [0.1, 0.15) is 12.5 Å². The van der Waals surface area contributed by atoms with Gasteiger partial charge in [-0.25, -0.2) is 4.79 Å². The number of nitrogens with one attached hydrogen (secondary N) is 1. The van der Waals surface area contributed by atoms with Gasteiger partial charge in [-0.05, 0) is 18.1 Å². The molecule has 8 heteroatoms. The largest absolute Gasteiger partial charge is 0.442 e. The van der Waals surface area contributed by atoms with E-state index in [0.717, 1.165) is 11.3 Å². The van der Waals surface area contributed by atoms with Gasteiger partial charge in [0.15, 0.2) is 0 Å². The highest BCUT2D eigenvalue weighted by atomic mass is 16.6. The lowest BCUT2D eigenvalue weighted by atomic mass is 10.1. The van der Waals surface area contributed by atoms with Crippen LogP contribution in [0.25, 0.3) is 0 Å². The Kier molecular flexibility index (Phi) is 4.89. The zero-order valence-corrected chi connectivity index (χ0v) is 14.2. The maximum atomic E-state index is 12.5. The van der Waals surface area contributed by atoms with Gasteiger partial charge < -0.3 is 19.7 Å². The number of nitrogens with zero attached hydrogens (tertiary/aromatic N) is 2. The number of carbonyl (C=O) groups excluding carboxylic acids is 3. The van der Waals surface area contributed by atoms with E-state index in [0.29, 0.717) is 13.0 Å². The predicted octanol–water partition coefficient (Wildman–Crippen LogP) is 0.505. The third-order valence-corrected chi connectivity index (χ3v) is 4.41. The fourth-order valence-electron chi connectivity index (χ4n) is 3.29. The van der Waals surface area contributed by atoms with Gasteiger partial charge in [-0.1, -0.05) is 18.2 Å². The number of rotatable bonds is 5. The topological polar surface area (TPSA) is 88.2 Å². The highest BCUT2D eigenvalue weighted by Crippen LogP contribution is 2.35. The predicted molar refractivity (Wildman–Crippen MR) is 89.0 cm³/mol. The third-order valence-electron chi connectivity index (χ3n) is 4.41. The van der Waals surface area contributed by atoms with Gasteiger partial charge in [-0.2, -0.15) is 0 Å². The molecule has 25 heavy (non-hydrogen) atoms. The number of hydrogen-bond acceptors (Lipinski definition) is 5. The molecular formula is C17H21N3O5. The van der Waals surface area contributed by atoms with Gasteiger partial charge in [-0.3, -0.25) is 14.5 Å². The molecule has 0 spiro atoms. The molecule has 2 heterocycles. The quantitative estimate of drug-likeness (QED) is 0.838. The molecule has 0 aromatic heterocycles. The van der Waals surface area contributed by atoms with E-state index in [2.05, 4.69) is 5.32 Å². The van der Waals surface area contributed by atoms with Gasteiger partial charge in [0.25, 0.3) is 5.91 Å². The van der Waals surface area contributed by atoms with Crippen molar-refractivity contribution in [2.75, 3.05) is 31.8 Å². The number of ether oxygens (including phenoxy) is 2. The Morgan fingerprint density at radius 1 is 1.36 bits per heavy atom. The molecule has 1 aromatic rings. The molecule has 2 aliphatic heterocycles. The van der Waals surface area contributed by atoms with Crippen molar-refractivity contribution in [2.24, 2.45) is 0 Å². The van der Waals surface area contributed by atoms with Crippen LogP contribution in [0.4, 0.5) is 10.5 Å². The van der Waals surface area contributed by atoms with Crippen molar-refractivity contribution >= 4 is 23.6 Å². The number of anilines is 1. The lowest BCUT2D eigenvalue weighted by Gasteiger charge is -2.28. The van der Waals surface area contributed by atoms with E-state index >= 15 is 0 Å². The van der Waals surface area contributed by atoms with Gasteiger partial charge in [0.1, 0.15) is 12.7 Å². The van der Waals surface area contributed by atoms with Gasteiger partial charge in [0, 0.05) is 19.7 Å². The van der Waals surface area contributed by atoms with Crippen molar-refractivity contribution in [3.05, 3.63) is 29.8 Å². The van der Waals surface area contributed by atoms with E-state index < -0.39 is 12.2 Å². The summed E-state index contributed by atoms with van der Waals surface area (Å²) in [6, 6.07) is 7.36. The molecule has 1 fully saturated rings. The SMILES string of the molecule is COCC(=O)N1c2ccccc2CC1C1CN(CNC(C)=O)C(=O)O1. The summed E-state index contributed by atoms with van der Waals surface area (Å²) in [6.45, 7) is 1.75. The lowest BCUT2D eigenvalue weighted by molar-refractivity contribution is -0.123. The van der Waals surface area contributed by atoms with Crippen LogP contribution in [0.2, 0.25) is 0 Å². The van der Waals surface area contributed by atoms with Crippen molar-refractivity contribution in [3.63, 3.8) is 0 Å². The van der Waals surface area contributed by atoms with E-state index in [4.69, 9.17) is 9.47 Å². The Bertz CT molecular complexity index is 693. The van der Waals surface area contributed by atoms with Crippen LogP contribution in [0.5, 0.6) is 0 Å². The smallest absolute Gasteiger partial charge is 0.411 e. The minimum absolute atomic E-state index is 0.0406. The van der Waals surface area contributed by atoms with Crippen LogP contribution in [0, 0.1) is 0 Å². The normalized spacial score (nSPS) is 21.9. The highest BCUT2D eigenvalue weighted by molar-refractivity contribution is 5.97. The van der Waals surface area contributed by atoms with Crippen molar-refractivity contribution in [1.82, 2.24) is 10.2 Å². The summed E-state index contributed by atoms with van der Waals surface area (Å²) in [7, 11) is 1.47. The first kappa shape index (κ1) is 17.2. The summed E-state index contributed by atoms with van der Waals surface area (Å²) in [5.41, 5.74) is 1.86. The monoisotopic (exact) mass is 347 g/mol. The van der Waals surface area contributed by atoms with Crippen LogP contribution < -0.4 is 10.2 Å². The molecule has 0 saturated carbocycles. The molecule has 2 unspecified atom stereocenters. The molecule has 3 amide bonds. The van der Waals surface area contributed by atoms with Crippen LogP contribution in [-0.2, 0) is 25.5 Å². The second kappa shape index (κ2) is 7.10. The maximum Gasteiger partial charge on any atom is 0.411 e. The number of para-hydroxylation sites is 1. The summed E-state index contributed by atoms with van der Waals surface area (Å²) >= 11 is 0. The Balaban J connectivity index is 1.78. The van der Waals surface area contributed by atoms with Crippen LogP contribution >= 0.6 is 0 Å². The molecule has 8 nitrogen and oxygen atoms in total. The molecule has 0 bridgehead atoms. The molecule has 1 saturated heterocycles. The van der Waals surface area contributed by atoms with E-state index in [1.165, 1.54) is 18.9 Å². The van der Waals surface area contributed by atoms with Gasteiger partial charge in [0.2, 0.25) is 5.91 Å². The Labute approximate surface area is 145 Å². The molecule has 1 aromatic carbocycles. The fraction of sp³-hybridized carbons (Fsp3) is 0.471. The molecule has 2 aliphatic rings. The second-order valence-corrected chi connectivity index (χ2v) is 6.13. The molecular weight excluding hydrogens is 326 g/mol. The first-order chi connectivity index (χ1) is 12.0. The first-order valence-corrected chi connectivity index (χ1v) is 8.10. The number of methoxy groups -OCH3 is 1. The average Bonchev–Trinajstić information content (AvgIpc) is 3.13. The molecule has 2 atom stereocenters. The summed E-state index contributed by atoms with van der Waals surface area (Å²) < 4.78 is 10.5. The third kappa shape index (κ3) is 3.43. The number of carbonyl (C=O) groups is 3. The highest BCUT2D eigenvalue weighted by Gasteiger charge is 2.44. The zero-order valence-electron chi connectivity index (χ0n) is 14.2. The van der Waals surface area contributed by atoms with E-state index in [9.17, 15) is 14.4 Å². The van der Waals surface area contributed by atoms with E-state index in [1.54, 1.807) is 4.90 Å². The van der Waals surface area contributed by atoms with Gasteiger partial charge in [0.05, 0.1) is 19.3 Å². The molecule has 0 radical (unpaired) electrons. The van der Waals surface area contributed by atoms with E-state index in [1.807, 2.05) is 24.3 Å². The first-order valence-electron chi connectivity index (χ1n) is 8.10. The number of hydrogen-bond donors (Lipinski definition) is 1. The molecule has 0 aliphatic carbocycles. The van der Waals surface area contributed by atoms with Crippen LogP contribution in [-0.4, -0.2) is 61.9 Å². The standard InChI is InChI=1S/C17H21N3O5/c1-11(21)18-10-19-8-15(25-17(19)23)14-7-12-5-3-4-6-13(12)20(14)16(22)9-24-2/h3-6,14-15H,7-10H2,1-2H3,(H,18,21). The molecule has 134 valence electrons. The van der Waals surface area contributed by atoms with E-state index in [-0.39, 0.29) is 31.1 Å². The van der Waals surface area contributed by atoms with Crippen LogP contribution in [0.3, 0.4) is 0 Å². The minimum atomic E-state index is -0.492. The Hall–Kier alpha value is -2.61. The second-order valence-electron chi connectivity index (χ2n) is 6.13. The summed E-state index contributed by atoms with van der Waals surface area (Å²) in [4.78, 5) is 38.7. The number of fused-ring (bicyclic) bond motifs is 1. The van der Waals surface area contributed by atoms with Crippen molar-refractivity contribution in [2.45, 2.75) is 25.5 Å². The minimum Gasteiger partial charge on any atom is -0.442 e. The van der Waals surface area contributed by atoms with Crippen molar-refractivity contribution in [1.29, 1.82) is 0 Å². The zero-order chi connectivity index (χ0) is 18.0. The molecule has 3 rings (SSSR count). The maximum absolute atomic E-state index is 12.5. The lowest BCUT2D eigenvalue weighted by Crippen LogP contribution is -2.48. The van der Waals surface area contributed by atoms with Crippen molar-refractivity contribution < 1.29 is 23.9 Å². The van der Waals surface area contributed by atoms with Crippen molar-refractivity contribution in [3.8, 4) is 0 Å². The molecule has 1 N–H and O–H groups in total. The Morgan fingerprint density at radius 2 is 2.12 bits per heavy atom. The summed E-state index contributed by atoms with van der Waals surface area (Å²) in [5.74, 6) is -0.393. The van der Waals surface area contributed by atoms with Gasteiger partial charge >= 0.3 is 6.09 Å². The number of benzene rings is 1. The summed E-state index contributed by atoms with van der Waals surface area (Å²) in [5, 5.41) is 2.59. The Morgan fingerprint density at radius 3 is 2.84 bits per heavy atom. The number of cyclic esters (lactones) is 1. The fourth-order valence-corrected chi connectivity index (χ4v) is 3.29. The summed E-state index contributed by atoms with van der Waals surface area (Å²) in [6.07, 6.45) is -0.347.